The van der Waals surface area contributed by atoms with Crippen LogP contribution in [0.2, 0.25) is 0 Å². The molecular formula is C14H19N5O. The minimum Gasteiger partial charge on any atom is -0.390 e. The molecule has 1 aliphatic rings. The lowest BCUT2D eigenvalue weighted by Crippen LogP contribution is -2.34. The summed E-state index contributed by atoms with van der Waals surface area (Å²) >= 11 is 0. The van der Waals surface area contributed by atoms with Crippen molar-refractivity contribution in [2.45, 2.75) is 38.3 Å². The molecule has 0 aromatic carbocycles. The van der Waals surface area contributed by atoms with Gasteiger partial charge in [-0.25, -0.2) is 4.68 Å². The van der Waals surface area contributed by atoms with E-state index in [-0.39, 0.29) is 6.61 Å². The fourth-order valence-corrected chi connectivity index (χ4v) is 2.68. The molecule has 3 rings (SSSR count). The summed E-state index contributed by atoms with van der Waals surface area (Å²) in [6.07, 6.45) is 5.85. The molecule has 0 spiro atoms. The lowest BCUT2D eigenvalue weighted by Gasteiger charge is -2.26. The molecule has 0 aliphatic carbocycles. The van der Waals surface area contributed by atoms with E-state index in [1.807, 2.05) is 18.3 Å². The van der Waals surface area contributed by atoms with Crippen molar-refractivity contribution >= 4 is 0 Å². The largest absolute Gasteiger partial charge is 0.390 e. The molecule has 2 aromatic heterocycles. The van der Waals surface area contributed by atoms with Crippen molar-refractivity contribution in [3.05, 3.63) is 35.9 Å². The lowest BCUT2D eigenvalue weighted by atomic mass is 9.91. The maximum Gasteiger partial charge on any atom is 0.0863 e. The van der Waals surface area contributed by atoms with E-state index in [9.17, 15) is 0 Å². The Morgan fingerprint density at radius 1 is 1.50 bits per heavy atom. The lowest BCUT2D eigenvalue weighted by molar-refractivity contribution is 0.277. The second kappa shape index (κ2) is 5.68. The molecule has 3 heterocycles. The zero-order valence-electron chi connectivity index (χ0n) is 11.5. The second-order valence-corrected chi connectivity index (χ2v) is 5.33. The van der Waals surface area contributed by atoms with Crippen LogP contribution in [0.4, 0.5) is 0 Å². The molecule has 6 heteroatoms. The Bertz CT molecular complexity index is 582. The molecule has 0 saturated carbocycles. The van der Waals surface area contributed by atoms with Gasteiger partial charge in [0.2, 0.25) is 0 Å². The van der Waals surface area contributed by atoms with Crippen molar-refractivity contribution in [2.75, 3.05) is 6.54 Å². The Morgan fingerprint density at radius 3 is 3.20 bits per heavy atom. The van der Waals surface area contributed by atoms with Crippen LogP contribution in [0.3, 0.4) is 0 Å². The Kier molecular flexibility index (Phi) is 3.75. The van der Waals surface area contributed by atoms with E-state index in [1.165, 1.54) is 0 Å². The van der Waals surface area contributed by atoms with Gasteiger partial charge >= 0.3 is 0 Å². The summed E-state index contributed by atoms with van der Waals surface area (Å²) in [6, 6.07) is 4.22. The third-order valence-corrected chi connectivity index (χ3v) is 3.78. The molecule has 0 bridgehead atoms. The molecule has 106 valence electrons. The molecule has 1 aliphatic heterocycles. The average molecular weight is 273 g/mol. The van der Waals surface area contributed by atoms with Crippen LogP contribution in [-0.4, -0.2) is 37.7 Å². The zero-order valence-corrected chi connectivity index (χ0v) is 11.5. The van der Waals surface area contributed by atoms with E-state index >= 15 is 0 Å². The standard InChI is InChI=1S/C14H19N5O/c1-10-6-11(2-4-15-10)14-8-19(18-17-14)13-3-5-16-12(7-13)9-20/h3,5,7-8,10-11,15,20H,2,4,6,9H2,1H3/t10-,11+/m1/s1. The third kappa shape index (κ3) is 2.71. The normalized spacial score (nSPS) is 22.9. The SMILES string of the molecule is C[C@@H]1C[C@@H](c2cn(-c3ccnc(CO)c3)nn2)CCN1. The third-order valence-electron chi connectivity index (χ3n) is 3.78. The second-order valence-electron chi connectivity index (χ2n) is 5.33. The van der Waals surface area contributed by atoms with Crippen molar-refractivity contribution in [1.29, 1.82) is 0 Å². The van der Waals surface area contributed by atoms with Crippen LogP contribution in [0.1, 0.15) is 37.1 Å². The summed E-state index contributed by atoms with van der Waals surface area (Å²) in [5, 5.41) is 21.1. The van der Waals surface area contributed by atoms with E-state index in [1.54, 1.807) is 10.9 Å². The van der Waals surface area contributed by atoms with Gasteiger partial charge in [0.1, 0.15) is 0 Å². The van der Waals surface area contributed by atoms with Crippen LogP contribution in [0.25, 0.3) is 5.69 Å². The smallest absolute Gasteiger partial charge is 0.0863 e. The van der Waals surface area contributed by atoms with Gasteiger partial charge in [-0.05, 0) is 38.4 Å². The first-order valence-electron chi connectivity index (χ1n) is 6.98. The number of aliphatic hydroxyl groups excluding tert-OH is 1. The number of piperidine rings is 1. The summed E-state index contributed by atoms with van der Waals surface area (Å²) in [5.74, 6) is 0.471. The van der Waals surface area contributed by atoms with Crippen molar-refractivity contribution in [2.24, 2.45) is 0 Å². The Hall–Kier alpha value is -1.79. The van der Waals surface area contributed by atoms with Crippen LogP contribution in [0.5, 0.6) is 0 Å². The van der Waals surface area contributed by atoms with Crippen LogP contribution >= 0.6 is 0 Å². The summed E-state index contributed by atoms with van der Waals surface area (Å²) in [6.45, 7) is 3.16. The number of nitrogens with one attached hydrogen (secondary N) is 1. The number of aromatic nitrogens is 4. The van der Waals surface area contributed by atoms with E-state index in [4.69, 9.17) is 5.11 Å². The van der Waals surface area contributed by atoms with Crippen LogP contribution in [0, 0.1) is 0 Å². The fraction of sp³-hybridized carbons (Fsp3) is 0.500. The van der Waals surface area contributed by atoms with Gasteiger partial charge in [-0.2, -0.15) is 0 Å². The highest BCUT2D eigenvalue weighted by Crippen LogP contribution is 2.26. The van der Waals surface area contributed by atoms with Crippen LogP contribution < -0.4 is 5.32 Å². The molecule has 0 amide bonds. The molecule has 6 nitrogen and oxygen atoms in total. The van der Waals surface area contributed by atoms with E-state index < -0.39 is 0 Å². The number of rotatable bonds is 3. The van der Waals surface area contributed by atoms with Crippen molar-refractivity contribution in [3.63, 3.8) is 0 Å². The first-order chi connectivity index (χ1) is 9.76. The van der Waals surface area contributed by atoms with Crippen LogP contribution in [0.15, 0.2) is 24.5 Å². The van der Waals surface area contributed by atoms with Gasteiger partial charge in [0.25, 0.3) is 0 Å². The van der Waals surface area contributed by atoms with E-state index in [2.05, 4.69) is 27.5 Å². The molecule has 2 aromatic rings. The number of pyridine rings is 1. The Morgan fingerprint density at radius 2 is 2.40 bits per heavy atom. The predicted octanol–water partition coefficient (Wildman–Crippen LogP) is 1.01. The summed E-state index contributed by atoms with van der Waals surface area (Å²) in [4.78, 5) is 4.07. The van der Waals surface area contributed by atoms with Crippen LogP contribution in [-0.2, 0) is 6.61 Å². The molecule has 1 saturated heterocycles. The zero-order chi connectivity index (χ0) is 13.9. The summed E-state index contributed by atoms with van der Waals surface area (Å²) in [5.41, 5.74) is 2.56. The number of hydrogen-bond acceptors (Lipinski definition) is 5. The van der Waals surface area contributed by atoms with Crippen molar-refractivity contribution in [3.8, 4) is 5.69 Å². The topological polar surface area (TPSA) is 75.9 Å². The molecule has 1 fully saturated rings. The highest BCUT2D eigenvalue weighted by Gasteiger charge is 2.22. The highest BCUT2D eigenvalue weighted by molar-refractivity contribution is 5.31. The molecule has 0 unspecified atom stereocenters. The molecule has 2 atom stereocenters. The minimum absolute atomic E-state index is 0.0683. The van der Waals surface area contributed by atoms with Gasteiger partial charge in [0.05, 0.1) is 29.9 Å². The first-order valence-corrected chi connectivity index (χ1v) is 6.98. The summed E-state index contributed by atoms with van der Waals surface area (Å²) < 4.78 is 1.75. The maximum atomic E-state index is 9.13. The number of aliphatic hydroxyl groups is 1. The summed E-state index contributed by atoms with van der Waals surface area (Å²) in [7, 11) is 0. The predicted molar refractivity (Wildman–Crippen MR) is 74.5 cm³/mol. The monoisotopic (exact) mass is 273 g/mol. The van der Waals surface area contributed by atoms with Gasteiger partial charge in [-0.15, -0.1) is 5.10 Å². The molecule has 2 N–H and O–H groups in total. The number of nitrogens with zero attached hydrogens (tertiary/aromatic N) is 4. The molecule has 0 radical (unpaired) electrons. The highest BCUT2D eigenvalue weighted by atomic mass is 16.3. The van der Waals surface area contributed by atoms with Crippen molar-refractivity contribution in [1.82, 2.24) is 25.3 Å². The maximum absolute atomic E-state index is 9.13. The van der Waals surface area contributed by atoms with Gasteiger partial charge in [0.15, 0.2) is 0 Å². The fourth-order valence-electron chi connectivity index (χ4n) is 2.68. The number of hydrogen-bond donors (Lipinski definition) is 2. The van der Waals surface area contributed by atoms with Gasteiger partial charge < -0.3 is 10.4 Å². The van der Waals surface area contributed by atoms with Gasteiger partial charge in [0, 0.05) is 18.2 Å². The minimum atomic E-state index is -0.0683. The van der Waals surface area contributed by atoms with Gasteiger partial charge in [-0.1, -0.05) is 5.21 Å². The Labute approximate surface area is 117 Å². The van der Waals surface area contributed by atoms with Crippen molar-refractivity contribution < 1.29 is 5.11 Å². The quantitative estimate of drug-likeness (QED) is 0.873. The molecular weight excluding hydrogens is 254 g/mol. The Balaban J connectivity index is 1.82. The first kappa shape index (κ1) is 13.2. The average Bonchev–Trinajstić information content (AvgIpc) is 2.97. The van der Waals surface area contributed by atoms with Gasteiger partial charge in [-0.3, -0.25) is 4.98 Å². The van der Waals surface area contributed by atoms with E-state index in [0.717, 1.165) is 30.8 Å². The molecule has 20 heavy (non-hydrogen) atoms. The van der Waals surface area contributed by atoms with E-state index in [0.29, 0.717) is 17.7 Å².